The molecule has 0 aromatic heterocycles. The van der Waals surface area contributed by atoms with Gasteiger partial charge in [-0.05, 0) is 0 Å². The molecule has 42 valence electrons. The van der Waals surface area contributed by atoms with Crippen molar-refractivity contribution in [3.8, 4) is 0 Å². The summed E-state index contributed by atoms with van der Waals surface area (Å²) in [6.07, 6.45) is 7.74. The number of hydrogen-bond donors (Lipinski definition) is 0. The summed E-state index contributed by atoms with van der Waals surface area (Å²) >= 11 is 1.31. The van der Waals surface area contributed by atoms with Gasteiger partial charge in [-0.1, -0.05) is 0 Å². The number of rotatable bonds is 0. The van der Waals surface area contributed by atoms with Gasteiger partial charge in [-0.3, -0.25) is 0 Å². The molecular weight excluding hydrogens is 220 g/mol. The zero-order valence-corrected chi connectivity index (χ0v) is 8.62. The van der Waals surface area contributed by atoms with Crippen LogP contribution in [0.15, 0.2) is 20.6 Å². The summed E-state index contributed by atoms with van der Waals surface area (Å²) in [7, 11) is 0. The molecule has 0 N–H and O–H groups in total. The Kier molecular flexibility index (Phi) is 9.35. The Labute approximate surface area is 82.1 Å². The summed E-state index contributed by atoms with van der Waals surface area (Å²) in [6.45, 7) is 0. The first-order valence-electron chi connectivity index (χ1n) is 2.01. The number of halogens is 2. The zero-order chi connectivity index (χ0) is 4.41. The van der Waals surface area contributed by atoms with Gasteiger partial charge in [-0.15, -0.1) is 0 Å². The molecule has 0 atom stereocenters. The van der Waals surface area contributed by atoms with Crippen LogP contribution >= 0.6 is 0 Å². The van der Waals surface area contributed by atoms with Crippen molar-refractivity contribution in [2.45, 2.75) is 6.42 Å². The van der Waals surface area contributed by atoms with E-state index in [1.54, 1.807) is 2.38 Å². The van der Waals surface area contributed by atoms with Gasteiger partial charge in [0.1, 0.15) is 0 Å². The van der Waals surface area contributed by atoms with E-state index in [4.69, 9.17) is 0 Å². The van der Waals surface area contributed by atoms with Crippen LogP contribution in [0.4, 0.5) is 0 Å². The van der Waals surface area contributed by atoms with Gasteiger partial charge >= 0.3 is 58.0 Å². The monoisotopic (exact) mass is 224 g/mol. The van der Waals surface area contributed by atoms with Gasteiger partial charge in [0.25, 0.3) is 0 Å². The topological polar surface area (TPSA) is 0 Å². The molecular formula is C5H5Cl2Y. The van der Waals surface area contributed by atoms with Crippen LogP contribution in [-0.4, -0.2) is 0 Å². The fraction of sp³-hybridized carbons (Fsp3) is 0.200. The van der Waals surface area contributed by atoms with Crippen molar-refractivity contribution in [1.29, 1.82) is 0 Å². The van der Waals surface area contributed by atoms with Crippen LogP contribution in [0, 0.1) is 0 Å². The van der Waals surface area contributed by atoms with Gasteiger partial charge in [-0.25, -0.2) is 0 Å². The van der Waals surface area contributed by atoms with Gasteiger partial charge in [0.15, 0.2) is 0 Å². The second-order valence-corrected chi connectivity index (χ2v) is 3.20. The van der Waals surface area contributed by atoms with E-state index in [9.17, 15) is 0 Å². The third-order valence-electron chi connectivity index (χ3n) is 0.800. The van der Waals surface area contributed by atoms with Crippen molar-refractivity contribution < 1.29 is 55.8 Å². The summed E-state index contributed by atoms with van der Waals surface area (Å²) in [5.74, 6) is 0. The van der Waals surface area contributed by atoms with E-state index in [2.05, 4.69) is 18.2 Å². The molecule has 0 nitrogen and oxygen atoms in total. The SMILES string of the molecule is [Cl-].[Cl-].[Y+2][C]1=CC=CC1. The van der Waals surface area contributed by atoms with Crippen molar-refractivity contribution in [2.75, 3.05) is 0 Å². The molecule has 0 aromatic carbocycles. The Morgan fingerprint density at radius 2 is 2.00 bits per heavy atom. The van der Waals surface area contributed by atoms with E-state index in [0.717, 1.165) is 0 Å². The summed E-state index contributed by atoms with van der Waals surface area (Å²) < 4.78 is 1.60. The molecule has 1 aliphatic carbocycles. The minimum atomic E-state index is 0. The van der Waals surface area contributed by atoms with E-state index in [0.29, 0.717) is 0 Å². The van der Waals surface area contributed by atoms with E-state index in [-0.39, 0.29) is 24.8 Å². The Balaban J connectivity index is 0. The molecule has 0 heterocycles. The summed E-state index contributed by atoms with van der Waals surface area (Å²) in [5, 5.41) is 0. The van der Waals surface area contributed by atoms with Gasteiger partial charge < -0.3 is 24.8 Å². The predicted molar refractivity (Wildman–Crippen MR) is 21.8 cm³/mol. The van der Waals surface area contributed by atoms with E-state index >= 15 is 0 Å². The maximum atomic E-state index is 2.20. The Hall–Kier alpha value is 1.16. The third-order valence-corrected chi connectivity index (χ3v) is 1.85. The predicted octanol–water partition coefficient (Wildman–Crippen LogP) is -4.61. The summed E-state index contributed by atoms with van der Waals surface area (Å²) in [6, 6.07) is 0. The van der Waals surface area contributed by atoms with Crippen LogP contribution in [0.3, 0.4) is 0 Å². The van der Waals surface area contributed by atoms with Crippen LogP contribution < -0.4 is 24.8 Å². The van der Waals surface area contributed by atoms with Crippen LogP contribution in [0.1, 0.15) is 6.42 Å². The molecule has 0 amide bonds. The summed E-state index contributed by atoms with van der Waals surface area (Å²) in [4.78, 5) is 0. The standard InChI is InChI=1S/C5H5.2ClH.Y/c1-2-4-5-3-1;;;/h1-3H,4H2;2*1H;/q;;;+2/p-2. The van der Waals surface area contributed by atoms with E-state index in [1.807, 2.05) is 0 Å². The van der Waals surface area contributed by atoms with Crippen LogP contribution in [-0.2, 0) is 31.0 Å². The molecule has 0 spiro atoms. The Bertz CT molecular complexity index is 107. The Morgan fingerprint density at radius 1 is 1.38 bits per heavy atom. The van der Waals surface area contributed by atoms with Crippen LogP contribution in [0.5, 0.6) is 0 Å². The average Bonchev–Trinajstić information content (AvgIpc) is 1.86. The van der Waals surface area contributed by atoms with Crippen LogP contribution in [0.25, 0.3) is 0 Å². The molecule has 1 rings (SSSR count). The first-order valence-corrected chi connectivity index (χ1v) is 3.42. The molecule has 0 radical (unpaired) electrons. The van der Waals surface area contributed by atoms with Gasteiger partial charge in [0.2, 0.25) is 0 Å². The molecule has 0 unspecified atom stereocenters. The van der Waals surface area contributed by atoms with Crippen molar-refractivity contribution >= 4 is 0 Å². The van der Waals surface area contributed by atoms with E-state index < -0.39 is 0 Å². The van der Waals surface area contributed by atoms with Crippen molar-refractivity contribution in [2.24, 2.45) is 0 Å². The molecule has 0 aliphatic heterocycles. The molecule has 0 saturated heterocycles. The first-order chi connectivity index (χ1) is 2.89. The fourth-order valence-electron chi connectivity index (χ4n) is 0.464. The third kappa shape index (κ3) is 4.08. The average molecular weight is 225 g/mol. The molecule has 0 fully saturated rings. The Morgan fingerprint density at radius 3 is 2.12 bits per heavy atom. The van der Waals surface area contributed by atoms with Gasteiger partial charge in [0, 0.05) is 0 Å². The second kappa shape index (κ2) is 6.29. The van der Waals surface area contributed by atoms with Gasteiger partial charge in [0.05, 0.1) is 0 Å². The maximum absolute atomic E-state index is 2.20. The van der Waals surface area contributed by atoms with Gasteiger partial charge in [-0.2, -0.15) is 0 Å². The molecule has 1 aliphatic rings. The fourth-order valence-corrected chi connectivity index (χ4v) is 1.07. The summed E-state index contributed by atoms with van der Waals surface area (Å²) in [5.41, 5.74) is 0. The van der Waals surface area contributed by atoms with Crippen LogP contribution in [0.2, 0.25) is 0 Å². The first kappa shape index (κ1) is 11.9. The number of hydrogen-bond acceptors (Lipinski definition) is 0. The molecule has 3 heteroatoms. The van der Waals surface area contributed by atoms with Crippen molar-refractivity contribution in [1.82, 2.24) is 0 Å². The quantitative estimate of drug-likeness (QED) is 0.389. The molecule has 0 aromatic rings. The normalized spacial score (nSPS) is 14.0. The van der Waals surface area contributed by atoms with Crippen molar-refractivity contribution in [3.05, 3.63) is 20.6 Å². The molecule has 0 saturated carbocycles. The second-order valence-electron chi connectivity index (χ2n) is 1.37. The van der Waals surface area contributed by atoms with Crippen molar-refractivity contribution in [3.63, 3.8) is 0 Å². The number of allylic oxidation sites excluding steroid dienone is 4. The molecule has 8 heavy (non-hydrogen) atoms. The zero-order valence-electron chi connectivity index (χ0n) is 4.27. The molecule has 0 bridgehead atoms. The minimum absolute atomic E-state index is 0. The van der Waals surface area contributed by atoms with E-state index in [1.165, 1.54) is 37.4 Å².